The van der Waals surface area contributed by atoms with Gasteiger partial charge < -0.3 is 4.74 Å². The predicted octanol–water partition coefficient (Wildman–Crippen LogP) is 5.98. The molecular weight excluding hydrogens is 652 g/mol. The molecule has 2 aromatic rings. The molecule has 19 heavy (non-hydrogen) atoms. The minimum atomic E-state index is -0.270. The van der Waals surface area contributed by atoms with Crippen molar-refractivity contribution in [3.63, 3.8) is 0 Å². The Hall–Kier alpha value is 0.840. The number of ether oxygens (including phenoxy) is 1. The zero-order valence-corrected chi connectivity index (χ0v) is 17.5. The highest BCUT2D eigenvalue weighted by Gasteiger charge is 2.10. The molecule has 6 heteroatoms. The summed E-state index contributed by atoms with van der Waals surface area (Å²) in [5.74, 6) is 0.575. The van der Waals surface area contributed by atoms with Gasteiger partial charge in [-0.1, -0.05) is 12.1 Å². The van der Waals surface area contributed by atoms with E-state index in [9.17, 15) is 4.39 Å². The van der Waals surface area contributed by atoms with Crippen molar-refractivity contribution in [2.24, 2.45) is 0 Å². The second-order valence-electron chi connectivity index (χ2n) is 3.70. The second-order valence-corrected chi connectivity index (χ2v) is 8.06. The first-order chi connectivity index (χ1) is 8.99. The van der Waals surface area contributed by atoms with Gasteiger partial charge in [0.1, 0.15) is 18.2 Å². The van der Waals surface area contributed by atoms with Gasteiger partial charge in [0.25, 0.3) is 0 Å². The third-order valence-electron chi connectivity index (χ3n) is 2.37. The van der Waals surface area contributed by atoms with Crippen LogP contribution in [0.1, 0.15) is 5.56 Å². The smallest absolute Gasteiger partial charge is 0.146 e. The summed E-state index contributed by atoms with van der Waals surface area (Å²) >= 11 is 10.0. The van der Waals surface area contributed by atoms with Gasteiger partial charge in [0, 0.05) is 9.13 Å². The molecule has 0 radical (unpaired) electrons. The molecule has 1 nitrogen and oxygen atoms in total. The summed E-state index contributed by atoms with van der Waals surface area (Å²) in [6.45, 7) is 0.338. The van der Waals surface area contributed by atoms with E-state index in [-0.39, 0.29) is 5.82 Å². The highest BCUT2D eigenvalue weighted by molar-refractivity contribution is 14.1. The van der Waals surface area contributed by atoms with Gasteiger partial charge in [-0.3, -0.25) is 0 Å². The van der Waals surface area contributed by atoms with Crippen LogP contribution in [0.25, 0.3) is 0 Å². The van der Waals surface area contributed by atoms with E-state index in [1.807, 2.05) is 6.07 Å². The summed E-state index contributed by atoms with van der Waals surface area (Å²) < 4.78 is 23.0. The summed E-state index contributed by atoms with van der Waals surface area (Å²) in [6.07, 6.45) is 0. The normalized spacial score (nSPS) is 10.6. The molecule has 0 bridgehead atoms. The van der Waals surface area contributed by atoms with Gasteiger partial charge in [0.05, 0.1) is 11.6 Å². The van der Waals surface area contributed by atoms with Crippen molar-refractivity contribution in [1.29, 1.82) is 0 Å². The van der Waals surface area contributed by atoms with E-state index >= 15 is 0 Å². The second kappa shape index (κ2) is 7.21. The molecule has 0 saturated heterocycles. The molecule has 0 aliphatic carbocycles. The van der Waals surface area contributed by atoms with Crippen molar-refractivity contribution < 1.29 is 9.13 Å². The highest BCUT2D eigenvalue weighted by atomic mass is 127. The maximum atomic E-state index is 13.4. The van der Waals surface area contributed by atoms with E-state index in [2.05, 4.69) is 95.8 Å². The lowest BCUT2D eigenvalue weighted by atomic mass is 10.2. The van der Waals surface area contributed by atoms with Crippen LogP contribution in [0.3, 0.4) is 0 Å². The Labute approximate surface area is 160 Å². The molecule has 0 aliphatic rings. The van der Waals surface area contributed by atoms with Crippen molar-refractivity contribution in [2.75, 3.05) is 0 Å². The fraction of sp³-hybridized carbons (Fsp3) is 0.0769. The fourth-order valence-electron chi connectivity index (χ4n) is 1.48. The monoisotopic (exact) mass is 658 g/mol. The molecule has 2 rings (SSSR count). The average molecular weight is 659 g/mol. The van der Waals surface area contributed by atoms with Crippen LogP contribution in [-0.4, -0.2) is 0 Å². The highest BCUT2D eigenvalue weighted by Crippen LogP contribution is 2.31. The number of hydrogen-bond acceptors (Lipinski definition) is 1. The molecule has 0 fully saturated rings. The average Bonchev–Trinajstić information content (AvgIpc) is 2.33. The minimum Gasteiger partial charge on any atom is -0.487 e. The van der Waals surface area contributed by atoms with Gasteiger partial charge in [0.2, 0.25) is 0 Å². The Morgan fingerprint density at radius 2 is 1.74 bits per heavy atom. The third-order valence-corrected chi connectivity index (χ3v) is 5.48. The Bertz CT molecular complexity index is 596. The van der Waals surface area contributed by atoms with Gasteiger partial charge in [-0.2, -0.15) is 0 Å². The van der Waals surface area contributed by atoms with Gasteiger partial charge in [-0.05, 0) is 102 Å². The van der Waals surface area contributed by atoms with Gasteiger partial charge >= 0.3 is 0 Å². The van der Waals surface area contributed by atoms with E-state index in [1.165, 1.54) is 9.64 Å². The molecule has 0 amide bonds. The van der Waals surface area contributed by atoms with Crippen LogP contribution < -0.4 is 4.74 Å². The van der Waals surface area contributed by atoms with E-state index in [1.54, 1.807) is 6.07 Å². The molecule has 0 aliphatic heterocycles. The van der Waals surface area contributed by atoms with Crippen LogP contribution in [0.2, 0.25) is 0 Å². The summed E-state index contributed by atoms with van der Waals surface area (Å²) in [6, 6.07) is 9.06. The molecular formula is C13H7BrFI3O. The van der Waals surface area contributed by atoms with Gasteiger partial charge in [-0.15, -0.1) is 0 Å². The quantitative estimate of drug-likeness (QED) is 0.369. The van der Waals surface area contributed by atoms with Crippen LogP contribution in [0.4, 0.5) is 4.39 Å². The van der Waals surface area contributed by atoms with Crippen LogP contribution in [0.15, 0.2) is 34.8 Å². The lowest BCUT2D eigenvalue weighted by Crippen LogP contribution is -2.01. The lowest BCUT2D eigenvalue weighted by molar-refractivity contribution is 0.300. The number of rotatable bonds is 3. The first kappa shape index (κ1) is 16.2. The molecule has 2 aromatic carbocycles. The van der Waals surface area contributed by atoms with Gasteiger partial charge in [0.15, 0.2) is 0 Å². The SMILES string of the molecule is Fc1cccc(COc2c(I)cc(I)cc2I)c1Br. The van der Waals surface area contributed by atoms with E-state index in [4.69, 9.17) is 4.74 Å². The van der Waals surface area contributed by atoms with Crippen LogP contribution >= 0.6 is 83.7 Å². The molecule has 0 heterocycles. The third kappa shape index (κ3) is 4.16. The first-order valence-electron chi connectivity index (χ1n) is 5.19. The summed E-state index contributed by atoms with van der Waals surface area (Å²) in [4.78, 5) is 0. The molecule has 100 valence electrons. The van der Waals surface area contributed by atoms with Crippen molar-refractivity contribution in [2.45, 2.75) is 6.61 Å². The number of halogens is 5. The van der Waals surface area contributed by atoms with Crippen molar-refractivity contribution >= 4 is 83.7 Å². The summed E-state index contributed by atoms with van der Waals surface area (Å²) in [7, 11) is 0. The standard InChI is InChI=1S/C13H7BrFI3O/c14-12-7(2-1-3-9(12)15)6-19-13-10(17)4-8(16)5-11(13)18/h1-5H,6H2. The Morgan fingerprint density at radius 3 is 2.37 bits per heavy atom. The maximum Gasteiger partial charge on any atom is 0.146 e. The first-order valence-corrected chi connectivity index (χ1v) is 9.22. The van der Waals surface area contributed by atoms with E-state index in [0.29, 0.717) is 11.1 Å². The van der Waals surface area contributed by atoms with Crippen LogP contribution in [-0.2, 0) is 6.61 Å². The zero-order chi connectivity index (χ0) is 14.0. The molecule has 0 saturated carbocycles. The minimum absolute atomic E-state index is 0.270. The summed E-state index contributed by atoms with van der Waals surface area (Å²) in [5.41, 5.74) is 0.796. The largest absolute Gasteiger partial charge is 0.487 e. The zero-order valence-electron chi connectivity index (χ0n) is 9.39. The van der Waals surface area contributed by atoms with E-state index < -0.39 is 0 Å². The summed E-state index contributed by atoms with van der Waals surface area (Å²) in [5, 5.41) is 0. The molecule has 0 aromatic heterocycles. The maximum absolute atomic E-state index is 13.4. The molecule has 0 spiro atoms. The van der Waals surface area contributed by atoms with Crippen LogP contribution in [0, 0.1) is 16.5 Å². The number of hydrogen-bond donors (Lipinski definition) is 0. The Balaban J connectivity index is 2.22. The lowest BCUT2D eigenvalue weighted by Gasteiger charge is -2.12. The molecule has 0 unspecified atom stereocenters. The van der Waals surface area contributed by atoms with Gasteiger partial charge in [-0.25, -0.2) is 4.39 Å². The Kier molecular flexibility index (Phi) is 6.15. The molecule has 0 atom stereocenters. The Morgan fingerprint density at radius 1 is 1.11 bits per heavy atom. The van der Waals surface area contributed by atoms with E-state index in [0.717, 1.165) is 18.5 Å². The molecule has 0 N–H and O–H groups in total. The predicted molar refractivity (Wildman–Crippen MR) is 103 cm³/mol. The van der Waals surface area contributed by atoms with Crippen molar-refractivity contribution in [3.8, 4) is 5.75 Å². The van der Waals surface area contributed by atoms with Crippen molar-refractivity contribution in [3.05, 3.63) is 56.9 Å². The topological polar surface area (TPSA) is 9.23 Å². The van der Waals surface area contributed by atoms with Crippen molar-refractivity contribution in [1.82, 2.24) is 0 Å². The fourth-order valence-corrected chi connectivity index (χ4v) is 5.75. The van der Waals surface area contributed by atoms with Crippen LogP contribution in [0.5, 0.6) is 5.75 Å². The number of benzene rings is 2.